The molecule has 0 amide bonds. The molecule has 12 heavy (non-hydrogen) atoms. The van der Waals surface area contributed by atoms with Gasteiger partial charge in [0.05, 0.1) is 13.2 Å². The number of nitrogens with one attached hydrogen (secondary N) is 1. The van der Waals surface area contributed by atoms with E-state index in [0.717, 1.165) is 32.2 Å². The fraction of sp³-hybridized carbons (Fsp3) is 1.00. The van der Waals surface area contributed by atoms with Gasteiger partial charge in [0.15, 0.2) is 0 Å². The smallest absolute Gasteiger partial charge is 0.0554 e. The predicted octanol–water partition coefficient (Wildman–Crippen LogP) is 1.66. The van der Waals surface area contributed by atoms with Gasteiger partial charge in [-0.1, -0.05) is 20.8 Å². The fourth-order valence-electron chi connectivity index (χ4n) is 1.33. The van der Waals surface area contributed by atoms with Gasteiger partial charge in [-0.15, -0.1) is 0 Å². The van der Waals surface area contributed by atoms with Crippen molar-refractivity contribution in [1.82, 2.24) is 5.32 Å². The molecule has 0 aromatic rings. The van der Waals surface area contributed by atoms with E-state index in [2.05, 4.69) is 26.1 Å². The molecular formula is C10H21NO. The lowest BCUT2D eigenvalue weighted by Gasteiger charge is -2.38. The average Bonchev–Trinajstić information content (AvgIpc) is 1.94. The first kappa shape index (κ1) is 10.0. The molecule has 2 nitrogen and oxygen atoms in total. The van der Waals surface area contributed by atoms with E-state index in [0.29, 0.717) is 5.41 Å². The maximum Gasteiger partial charge on any atom is 0.0554 e. The molecule has 0 saturated carbocycles. The summed E-state index contributed by atoms with van der Waals surface area (Å²) in [7, 11) is 0. The van der Waals surface area contributed by atoms with E-state index in [9.17, 15) is 0 Å². The van der Waals surface area contributed by atoms with Gasteiger partial charge in [0, 0.05) is 12.0 Å². The van der Waals surface area contributed by atoms with Crippen molar-refractivity contribution in [2.45, 2.75) is 27.2 Å². The summed E-state index contributed by atoms with van der Waals surface area (Å²) in [5.41, 5.74) is 0.428. The lowest BCUT2D eigenvalue weighted by atomic mass is 9.89. The van der Waals surface area contributed by atoms with Crippen LogP contribution in [0.4, 0.5) is 0 Å². The third-order valence-electron chi connectivity index (χ3n) is 2.35. The molecule has 1 N–H and O–H groups in total. The summed E-state index contributed by atoms with van der Waals surface area (Å²) in [6.45, 7) is 10.9. The molecular weight excluding hydrogens is 150 g/mol. The molecule has 0 aromatic carbocycles. The van der Waals surface area contributed by atoms with E-state index in [1.54, 1.807) is 0 Å². The Morgan fingerprint density at radius 3 is 2.50 bits per heavy atom. The molecule has 0 aliphatic carbocycles. The second-order valence-corrected chi connectivity index (χ2v) is 4.66. The van der Waals surface area contributed by atoms with Crippen molar-refractivity contribution >= 4 is 0 Å². The maximum atomic E-state index is 5.18. The minimum absolute atomic E-state index is 0.428. The van der Waals surface area contributed by atoms with Crippen LogP contribution in [0.2, 0.25) is 0 Å². The highest BCUT2D eigenvalue weighted by Gasteiger charge is 2.32. The standard InChI is InChI=1S/C10H21NO/c1-9(2)4-5-11-6-10(3)7-12-8-10/h9,11H,4-8H2,1-3H3. The maximum absolute atomic E-state index is 5.18. The third kappa shape index (κ3) is 3.11. The van der Waals surface area contributed by atoms with Gasteiger partial charge in [0.25, 0.3) is 0 Å². The summed E-state index contributed by atoms with van der Waals surface area (Å²) < 4.78 is 5.18. The topological polar surface area (TPSA) is 21.3 Å². The first-order chi connectivity index (χ1) is 5.62. The van der Waals surface area contributed by atoms with E-state index in [1.165, 1.54) is 6.42 Å². The van der Waals surface area contributed by atoms with Crippen LogP contribution in [0.25, 0.3) is 0 Å². The molecule has 0 bridgehead atoms. The van der Waals surface area contributed by atoms with Crippen molar-refractivity contribution in [3.05, 3.63) is 0 Å². The molecule has 2 heteroatoms. The number of ether oxygens (including phenoxy) is 1. The van der Waals surface area contributed by atoms with Crippen LogP contribution in [0, 0.1) is 11.3 Å². The van der Waals surface area contributed by atoms with Crippen LogP contribution in [-0.4, -0.2) is 26.3 Å². The lowest BCUT2D eigenvalue weighted by molar-refractivity contribution is -0.0989. The Balaban J connectivity index is 1.95. The Hall–Kier alpha value is -0.0800. The minimum Gasteiger partial charge on any atom is -0.380 e. The van der Waals surface area contributed by atoms with Crippen molar-refractivity contribution in [1.29, 1.82) is 0 Å². The molecule has 1 fully saturated rings. The Morgan fingerprint density at radius 2 is 2.08 bits per heavy atom. The summed E-state index contributed by atoms with van der Waals surface area (Å²) in [6, 6.07) is 0. The van der Waals surface area contributed by atoms with Crippen molar-refractivity contribution < 1.29 is 4.74 Å². The second kappa shape index (κ2) is 4.24. The Labute approximate surface area is 75.7 Å². The minimum atomic E-state index is 0.428. The average molecular weight is 171 g/mol. The third-order valence-corrected chi connectivity index (χ3v) is 2.35. The summed E-state index contributed by atoms with van der Waals surface area (Å²) in [6.07, 6.45) is 1.27. The SMILES string of the molecule is CC(C)CCNCC1(C)COC1. The zero-order valence-electron chi connectivity index (χ0n) is 8.52. The molecule has 72 valence electrons. The summed E-state index contributed by atoms with van der Waals surface area (Å²) in [5.74, 6) is 0.808. The van der Waals surface area contributed by atoms with Crippen LogP contribution in [0.1, 0.15) is 27.2 Å². The van der Waals surface area contributed by atoms with Crippen molar-refractivity contribution in [3.63, 3.8) is 0 Å². The first-order valence-electron chi connectivity index (χ1n) is 4.91. The van der Waals surface area contributed by atoms with E-state index in [-0.39, 0.29) is 0 Å². The highest BCUT2D eigenvalue weighted by molar-refractivity contribution is 4.82. The summed E-state index contributed by atoms with van der Waals surface area (Å²) in [4.78, 5) is 0. The number of rotatable bonds is 5. The van der Waals surface area contributed by atoms with E-state index in [1.807, 2.05) is 0 Å². The Morgan fingerprint density at radius 1 is 1.42 bits per heavy atom. The van der Waals surface area contributed by atoms with E-state index >= 15 is 0 Å². The molecule has 1 aliphatic heterocycles. The van der Waals surface area contributed by atoms with Gasteiger partial charge >= 0.3 is 0 Å². The van der Waals surface area contributed by atoms with Gasteiger partial charge in [-0.25, -0.2) is 0 Å². The first-order valence-corrected chi connectivity index (χ1v) is 4.91. The summed E-state index contributed by atoms with van der Waals surface area (Å²) >= 11 is 0. The fourth-order valence-corrected chi connectivity index (χ4v) is 1.33. The van der Waals surface area contributed by atoms with Gasteiger partial charge in [-0.05, 0) is 18.9 Å². The molecule has 1 saturated heterocycles. The van der Waals surface area contributed by atoms with Crippen LogP contribution < -0.4 is 5.32 Å². The normalized spacial score (nSPS) is 21.0. The Bertz CT molecular complexity index is 130. The molecule has 1 rings (SSSR count). The molecule has 0 aromatic heterocycles. The van der Waals surface area contributed by atoms with Crippen LogP contribution >= 0.6 is 0 Å². The highest BCUT2D eigenvalue weighted by Crippen LogP contribution is 2.24. The second-order valence-electron chi connectivity index (χ2n) is 4.66. The van der Waals surface area contributed by atoms with Crippen LogP contribution in [0.3, 0.4) is 0 Å². The van der Waals surface area contributed by atoms with Crippen LogP contribution in [0.5, 0.6) is 0 Å². The summed E-state index contributed by atoms with van der Waals surface area (Å²) in [5, 5.41) is 3.48. The van der Waals surface area contributed by atoms with Crippen molar-refractivity contribution in [2.75, 3.05) is 26.3 Å². The van der Waals surface area contributed by atoms with Gasteiger partial charge in [-0.2, -0.15) is 0 Å². The number of hydrogen-bond donors (Lipinski definition) is 1. The van der Waals surface area contributed by atoms with Gasteiger partial charge in [0.1, 0.15) is 0 Å². The van der Waals surface area contributed by atoms with E-state index < -0.39 is 0 Å². The molecule has 0 atom stereocenters. The predicted molar refractivity (Wildman–Crippen MR) is 51.3 cm³/mol. The number of hydrogen-bond acceptors (Lipinski definition) is 2. The van der Waals surface area contributed by atoms with Crippen LogP contribution in [-0.2, 0) is 4.74 Å². The zero-order valence-corrected chi connectivity index (χ0v) is 8.52. The largest absolute Gasteiger partial charge is 0.380 e. The van der Waals surface area contributed by atoms with Gasteiger partial charge < -0.3 is 10.1 Å². The molecule has 0 spiro atoms. The quantitative estimate of drug-likeness (QED) is 0.635. The molecule has 0 radical (unpaired) electrons. The van der Waals surface area contributed by atoms with Gasteiger partial charge in [0.2, 0.25) is 0 Å². The zero-order chi connectivity index (χ0) is 9.03. The highest BCUT2D eigenvalue weighted by atomic mass is 16.5. The van der Waals surface area contributed by atoms with Gasteiger partial charge in [-0.3, -0.25) is 0 Å². The molecule has 1 aliphatic rings. The monoisotopic (exact) mass is 171 g/mol. The van der Waals surface area contributed by atoms with Crippen molar-refractivity contribution in [2.24, 2.45) is 11.3 Å². The lowest BCUT2D eigenvalue weighted by Crippen LogP contribution is -2.47. The molecule has 1 heterocycles. The van der Waals surface area contributed by atoms with Crippen LogP contribution in [0.15, 0.2) is 0 Å². The van der Waals surface area contributed by atoms with Crippen molar-refractivity contribution in [3.8, 4) is 0 Å². The Kier molecular flexibility index (Phi) is 3.53. The molecule has 0 unspecified atom stereocenters. The van der Waals surface area contributed by atoms with E-state index in [4.69, 9.17) is 4.74 Å².